The number of hydroxylamine groups is 1. The number of cyclic esters (lactones) is 1. The molecule has 1 saturated heterocycles. The van der Waals surface area contributed by atoms with Crippen molar-refractivity contribution in [3.05, 3.63) is 52.2 Å². The van der Waals surface area contributed by atoms with Crippen molar-refractivity contribution in [2.75, 3.05) is 39.4 Å². The molecule has 0 atom stereocenters. The first-order valence-corrected chi connectivity index (χ1v) is 13.4. The third kappa shape index (κ3) is 8.92. The summed E-state index contributed by atoms with van der Waals surface area (Å²) in [6.45, 7) is 6.54. The monoisotopic (exact) mass is 577 g/mol. The number of ether oxygens (including phenoxy) is 2. The van der Waals surface area contributed by atoms with E-state index in [2.05, 4.69) is 5.48 Å². The summed E-state index contributed by atoms with van der Waals surface area (Å²) in [5, 5.41) is 20.4. The van der Waals surface area contributed by atoms with E-state index >= 15 is 0 Å². The number of amides is 2. The van der Waals surface area contributed by atoms with Crippen molar-refractivity contribution in [3.63, 3.8) is 0 Å². The molecule has 1 fully saturated rings. The van der Waals surface area contributed by atoms with Crippen molar-refractivity contribution >= 4 is 35.6 Å². The highest BCUT2D eigenvalue weighted by Crippen LogP contribution is 2.38. The quantitative estimate of drug-likeness (QED) is 0.274. The van der Waals surface area contributed by atoms with E-state index < -0.39 is 29.2 Å². The Balaban J connectivity index is 1.70. The van der Waals surface area contributed by atoms with Gasteiger partial charge >= 0.3 is 12.1 Å². The van der Waals surface area contributed by atoms with Crippen LogP contribution in [0.3, 0.4) is 0 Å². The Labute approximate surface area is 238 Å². The van der Waals surface area contributed by atoms with Crippen LogP contribution in [-0.2, 0) is 19.1 Å². The number of hydrogen-bond donors (Lipinski definition) is 3. The van der Waals surface area contributed by atoms with Crippen LogP contribution >= 0.6 is 11.6 Å². The van der Waals surface area contributed by atoms with Gasteiger partial charge < -0.3 is 29.5 Å². The van der Waals surface area contributed by atoms with Gasteiger partial charge in [-0.25, -0.2) is 9.59 Å². The smallest absolute Gasteiger partial charge is 0.410 e. The number of nitrogens with one attached hydrogen (secondary N) is 1. The maximum atomic E-state index is 12.8. The molecule has 0 aliphatic carbocycles. The van der Waals surface area contributed by atoms with Gasteiger partial charge in [-0.15, -0.1) is 0 Å². The predicted molar refractivity (Wildman–Crippen MR) is 149 cm³/mol. The van der Waals surface area contributed by atoms with E-state index in [9.17, 15) is 24.6 Å². The number of phenols is 2. The molecular formula is C28H36ClN3O8. The molecule has 0 bridgehead atoms. The number of nitrogens with zero attached hydrogens (tertiary/aromatic N) is 2. The minimum Gasteiger partial charge on any atom is -0.507 e. The van der Waals surface area contributed by atoms with Crippen molar-refractivity contribution in [3.8, 4) is 11.5 Å². The summed E-state index contributed by atoms with van der Waals surface area (Å²) in [5.41, 5.74) is 2.22. The first kappa shape index (κ1) is 30.8. The summed E-state index contributed by atoms with van der Waals surface area (Å²) in [4.78, 5) is 46.4. The van der Waals surface area contributed by atoms with E-state index in [1.54, 1.807) is 36.6 Å². The number of allylic oxidation sites excluding steroid dienone is 3. The zero-order chi connectivity index (χ0) is 29.3. The van der Waals surface area contributed by atoms with Crippen LogP contribution in [0.4, 0.5) is 4.79 Å². The van der Waals surface area contributed by atoms with Gasteiger partial charge in [0.05, 0.1) is 17.3 Å². The van der Waals surface area contributed by atoms with Crippen LogP contribution in [-0.4, -0.2) is 83.0 Å². The number of fused-ring (bicyclic) bond motifs is 1. The highest BCUT2D eigenvalue weighted by Gasteiger charge is 2.28. The minimum atomic E-state index is -0.805. The summed E-state index contributed by atoms with van der Waals surface area (Å²) >= 11 is 6.31. The Bertz CT molecular complexity index is 1180. The van der Waals surface area contributed by atoms with Gasteiger partial charge in [-0.3, -0.25) is 15.1 Å². The van der Waals surface area contributed by atoms with Crippen LogP contribution in [0.5, 0.6) is 11.5 Å². The molecule has 0 radical (unpaired) electrons. The Hall–Kier alpha value is -3.70. The molecule has 2 amide bonds. The van der Waals surface area contributed by atoms with Crippen LogP contribution in [0.15, 0.2) is 36.1 Å². The van der Waals surface area contributed by atoms with Crippen LogP contribution < -0.4 is 5.48 Å². The van der Waals surface area contributed by atoms with E-state index in [1.165, 1.54) is 6.08 Å². The van der Waals surface area contributed by atoms with E-state index in [0.29, 0.717) is 44.7 Å². The number of aromatic hydroxyl groups is 2. The van der Waals surface area contributed by atoms with Gasteiger partial charge in [0.2, 0.25) is 0 Å². The normalized spacial score (nSPS) is 18.2. The topological polar surface area (TPSA) is 138 Å². The van der Waals surface area contributed by atoms with Gasteiger partial charge in [0.1, 0.15) is 22.7 Å². The lowest BCUT2D eigenvalue weighted by molar-refractivity contribution is -0.139. The summed E-state index contributed by atoms with van der Waals surface area (Å²) in [6, 6.07) is 0.972. The van der Waals surface area contributed by atoms with Gasteiger partial charge in [0.25, 0.3) is 5.91 Å². The molecule has 3 rings (SSSR count). The number of hydrogen-bond acceptors (Lipinski definition) is 9. The van der Waals surface area contributed by atoms with Gasteiger partial charge in [-0.1, -0.05) is 29.8 Å². The third-order valence-electron chi connectivity index (χ3n) is 5.92. The fourth-order valence-corrected chi connectivity index (χ4v) is 4.14. The van der Waals surface area contributed by atoms with E-state index in [-0.39, 0.29) is 35.3 Å². The lowest BCUT2D eigenvalue weighted by Gasteiger charge is -2.35. The first-order valence-electron chi connectivity index (χ1n) is 13.0. The second-order valence-electron chi connectivity index (χ2n) is 10.2. The maximum absolute atomic E-state index is 12.8. The van der Waals surface area contributed by atoms with Crippen molar-refractivity contribution in [1.82, 2.24) is 15.3 Å². The second kappa shape index (κ2) is 14.1. The molecule has 2 aliphatic heterocycles. The first-order chi connectivity index (χ1) is 19.0. The maximum Gasteiger partial charge on any atom is 0.410 e. The number of carbonyl (C=O) groups excluding carboxylic acids is 3. The van der Waals surface area contributed by atoms with Crippen LogP contribution in [0.1, 0.15) is 56.0 Å². The number of carbonyl (C=O) groups is 3. The summed E-state index contributed by atoms with van der Waals surface area (Å²) in [6.07, 6.45) is 10.4. The van der Waals surface area contributed by atoms with Crippen molar-refractivity contribution in [2.24, 2.45) is 0 Å². The lowest BCUT2D eigenvalue weighted by atomic mass is 10.0. The zero-order valence-corrected chi connectivity index (χ0v) is 23.7. The third-order valence-corrected chi connectivity index (χ3v) is 6.31. The fourth-order valence-electron chi connectivity index (χ4n) is 3.94. The molecule has 0 saturated carbocycles. The minimum absolute atomic E-state index is 0.0251. The van der Waals surface area contributed by atoms with E-state index in [4.69, 9.17) is 25.9 Å². The van der Waals surface area contributed by atoms with Gasteiger partial charge in [0.15, 0.2) is 6.61 Å². The molecule has 11 nitrogen and oxygen atoms in total. The molecule has 3 N–H and O–H groups in total. The van der Waals surface area contributed by atoms with E-state index in [0.717, 1.165) is 12.5 Å². The Kier molecular flexibility index (Phi) is 10.9. The van der Waals surface area contributed by atoms with Crippen molar-refractivity contribution in [2.45, 2.75) is 45.6 Å². The molecule has 12 heteroatoms. The standard InChI is InChI=1S/C28H36ClN3O8/c1-28(2,3)40-27(37)32-13-11-31(12-14-32)23(35)18-39-30-19-10-8-6-4-5-7-9-15-38-26(36)24-20(16-19)25(29)22(34)17-21(24)33/h5,7-8,10,16-17,30,33-34H,4,6,9,11-15,18H2,1-3H3/b7-5?,10-8?,19-16-. The molecule has 1 aromatic carbocycles. The Morgan fingerprint density at radius 3 is 2.38 bits per heavy atom. The Morgan fingerprint density at radius 1 is 1.02 bits per heavy atom. The average molecular weight is 578 g/mol. The second-order valence-corrected chi connectivity index (χ2v) is 10.6. The molecule has 0 spiro atoms. The zero-order valence-electron chi connectivity index (χ0n) is 22.9. The van der Waals surface area contributed by atoms with Gasteiger partial charge in [-0.2, -0.15) is 0 Å². The van der Waals surface area contributed by atoms with Crippen molar-refractivity contribution in [1.29, 1.82) is 0 Å². The number of benzene rings is 1. The highest BCUT2D eigenvalue weighted by molar-refractivity contribution is 6.34. The molecule has 2 heterocycles. The summed E-state index contributed by atoms with van der Waals surface area (Å²) in [7, 11) is 0. The number of phenolic OH excluding ortho intramolecular Hbond substituents is 2. The SMILES string of the molecule is CC(C)(C)OC(=O)N1CCN(C(=O)CON/C2=C\c3c(Cl)c(O)cc(O)c3C(=O)OCCC=CCCC=C2)CC1. The van der Waals surface area contributed by atoms with Crippen LogP contribution in [0.25, 0.3) is 6.08 Å². The molecule has 2 aliphatic rings. The number of esters is 1. The number of halogens is 1. The van der Waals surface area contributed by atoms with Crippen LogP contribution in [0.2, 0.25) is 5.02 Å². The van der Waals surface area contributed by atoms with Crippen molar-refractivity contribution < 1.29 is 38.9 Å². The summed E-state index contributed by atoms with van der Waals surface area (Å²) < 4.78 is 10.7. The highest BCUT2D eigenvalue weighted by atomic mass is 35.5. The van der Waals surface area contributed by atoms with Gasteiger partial charge in [-0.05, 0) is 52.2 Å². The number of piperazine rings is 1. The predicted octanol–water partition coefficient (Wildman–Crippen LogP) is 4.15. The molecule has 0 unspecified atom stereocenters. The molecule has 218 valence electrons. The molecular weight excluding hydrogens is 542 g/mol. The van der Waals surface area contributed by atoms with Gasteiger partial charge in [0, 0.05) is 37.8 Å². The van der Waals surface area contributed by atoms with Crippen LogP contribution in [0, 0.1) is 0 Å². The lowest BCUT2D eigenvalue weighted by Crippen LogP contribution is -2.52. The summed E-state index contributed by atoms with van der Waals surface area (Å²) in [5.74, 6) is -2.01. The molecule has 1 aromatic rings. The fraction of sp³-hybridized carbons (Fsp3) is 0.464. The molecule has 0 aromatic heterocycles. The largest absolute Gasteiger partial charge is 0.507 e. The molecule has 40 heavy (non-hydrogen) atoms. The average Bonchev–Trinajstić information content (AvgIpc) is 2.88. The Morgan fingerprint density at radius 2 is 1.68 bits per heavy atom. The van der Waals surface area contributed by atoms with E-state index in [1.807, 2.05) is 18.2 Å². The number of rotatable bonds is 4.